The fraction of sp³-hybridized carbons (Fsp3) is 0.500. The third-order valence-electron chi connectivity index (χ3n) is 3.46. The normalized spacial score (nSPS) is 20.4. The molecule has 1 heterocycles. The van der Waals surface area contributed by atoms with Crippen LogP contribution in [0.2, 0.25) is 0 Å². The lowest BCUT2D eigenvalue weighted by molar-refractivity contribution is 0.168. The molecule has 0 radical (unpaired) electrons. The minimum Gasteiger partial charge on any atom is -0.497 e. The molecule has 2 aliphatic rings. The number of rotatable bonds is 2. The average molecular weight is 221 g/mol. The van der Waals surface area contributed by atoms with Gasteiger partial charge in [0.15, 0.2) is 11.5 Å². The van der Waals surface area contributed by atoms with Crippen LogP contribution < -0.4 is 19.9 Å². The zero-order valence-electron chi connectivity index (χ0n) is 9.29. The zero-order valence-corrected chi connectivity index (χ0v) is 9.29. The summed E-state index contributed by atoms with van der Waals surface area (Å²) in [6, 6.07) is 3.81. The number of benzene rings is 1. The van der Waals surface area contributed by atoms with E-state index in [0.29, 0.717) is 0 Å². The van der Waals surface area contributed by atoms with Crippen LogP contribution in [0.25, 0.3) is 0 Å². The van der Waals surface area contributed by atoms with E-state index in [-0.39, 0.29) is 12.3 Å². The zero-order chi connectivity index (χ0) is 11.2. The van der Waals surface area contributed by atoms with Crippen molar-refractivity contribution in [3.05, 3.63) is 17.7 Å². The van der Waals surface area contributed by atoms with Crippen molar-refractivity contribution in [1.29, 1.82) is 0 Å². The van der Waals surface area contributed by atoms with Gasteiger partial charge < -0.3 is 19.9 Å². The molecule has 1 fully saturated rings. The van der Waals surface area contributed by atoms with E-state index in [9.17, 15) is 0 Å². The first-order valence-corrected chi connectivity index (χ1v) is 5.50. The molecule has 0 bridgehead atoms. The Morgan fingerprint density at radius 2 is 2.12 bits per heavy atom. The maximum Gasteiger partial charge on any atom is 0.231 e. The molecule has 0 atom stereocenters. The summed E-state index contributed by atoms with van der Waals surface area (Å²) in [4.78, 5) is 0. The lowest BCUT2D eigenvalue weighted by atomic mass is 9.72. The first-order chi connectivity index (χ1) is 7.73. The molecular weight excluding hydrogens is 206 g/mol. The molecule has 0 aromatic heterocycles. The molecule has 3 rings (SSSR count). The van der Waals surface area contributed by atoms with E-state index < -0.39 is 0 Å². The van der Waals surface area contributed by atoms with Gasteiger partial charge in [-0.15, -0.1) is 0 Å². The number of hydrogen-bond acceptors (Lipinski definition) is 4. The van der Waals surface area contributed by atoms with Gasteiger partial charge in [-0.1, -0.05) is 0 Å². The molecule has 1 saturated carbocycles. The molecule has 0 spiro atoms. The molecule has 1 aromatic rings. The highest BCUT2D eigenvalue weighted by Gasteiger charge is 2.39. The fourth-order valence-corrected chi connectivity index (χ4v) is 2.30. The van der Waals surface area contributed by atoms with E-state index in [1.165, 1.54) is 6.42 Å². The van der Waals surface area contributed by atoms with Crippen LogP contribution in [0.4, 0.5) is 0 Å². The Labute approximate surface area is 94.3 Å². The Balaban J connectivity index is 2.12. The Bertz CT molecular complexity index is 427. The van der Waals surface area contributed by atoms with Crippen molar-refractivity contribution in [2.45, 2.75) is 24.8 Å². The number of fused-ring (bicyclic) bond motifs is 1. The highest BCUT2D eigenvalue weighted by Crippen LogP contribution is 2.49. The minimum absolute atomic E-state index is 0.258. The highest BCUT2D eigenvalue weighted by atomic mass is 16.7. The maximum atomic E-state index is 6.33. The van der Waals surface area contributed by atoms with Crippen LogP contribution in [0.3, 0.4) is 0 Å². The van der Waals surface area contributed by atoms with Gasteiger partial charge >= 0.3 is 0 Å². The van der Waals surface area contributed by atoms with Crippen LogP contribution >= 0.6 is 0 Å². The van der Waals surface area contributed by atoms with Gasteiger partial charge in [0, 0.05) is 17.2 Å². The quantitative estimate of drug-likeness (QED) is 0.826. The summed E-state index contributed by atoms with van der Waals surface area (Å²) in [6.07, 6.45) is 3.16. The summed E-state index contributed by atoms with van der Waals surface area (Å²) in [6.45, 7) is 0.269. The van der Waals surface area contributed by atoms with Gasteiger partial charge in [-0.25, -0.2) is 0 Å². The Morgan fingerprint density at radius 1 is 1.31 bits per heavy atom. The predicted octanol–water partition coefficient (Wildman–Crippen LogP) is 1.76. The van der Waals surface area contributed by atoms with E-state index in [1.807, 2.05) is 12.1 Å². The molecule has 1 aromatic carbocycles. The first-order valence-electron chi connectivity index (χ1n) is 5.50. The summed E-state index contributed by atoms with van der Waals surface area (Å²) in [7, 11) is 1.64. The van der Waals surface area contributed by atoms with E-state index in [1.54, 1.807) is 7.11 Å². The fourth-order valence-electron chi connectivity index (χ4n) is 2.30. The van der Waals surface area contributed by atoms with Crippen LogP contribution in [0.1, 0.15) is 24.8 Å². The molecule has 1 aliphatic carbocycles. The van der Waals surface area contributed by atoms with Crippen molar-refractivity contribution in [2.75, 3.05) is 13.9 Å². The van der Waals surface area contributed by atoms with Gasteiger partial charge in [-0.05, 0) is 25.3 Å². The molecule has 4 heteroatoms. The SMILES string of the molecule is COc1cc2c(c(C3(N)CCC3)c1)OCO2. The second kappa shape index (κ2) is 3.28. The number of methoxy groups -OCH3 is 1. The lowest BCUT2D eigenvalue weighted by Crippen LogP contribution is -2.43. The Hall–Kier alpha value is -1.42. The lowest BCUT2D eigenvalue weighted by Gasteiger charge is -2.39. The molecule has 4 nitrogen and oxygen atoms in total. The minimum atomic E-state index is -0.258. The molecule has 0 saturated heterocycles. The third kappa shape index (κ3) is 1.26. The van der Waals surface area contributed by atoms with E-state index in [0.717, 1.165) is 35.7 Å². The molecule has 1 aliphatic heterocycles. The van der Waals surface area contributed by atoms with Crippen molar-refractivity contribution >= 4 is 0 Å². The van der Waals surface area contributed by atoms with Gasteiger partial charge in [-0.3, -0.25) is 0 Å². The van der Waals surface area contributed by atoms with Crippen molar-refractivity contribution in [3.63, 3.8) is 0 Å². The van der Waals surface area contributed by atoms with Crippen molar-refractivity contribution < 1.29 is 14.2 Å². The summed E-state index contributed by atoms with van der Waals surface area (Å²) in [5.41, 5.74) is 7.09. The van der Waals surface area contributed by atoms with Crippen molar-refractivity contribution in [3.8, 4) is 17.2 Å². The molecule has 86 valence electrons. The van der Waals surface area contributed by atoms with Crippen LogP contribution in [-0.2, 0) is 5.54 Å². The van der Waals surface area contributed by atoms with Crippen LogP contribution in [0.15, 0.2) is 12.1 Å². The first kappa shape index (κ1) is 9.78. The largest absolute Gasteiger partial charge is 0.497 e. The predicted molar refractivity (Wildman–Crippen MR) is 58.8 cm³/mol. The maximum absolute atomic E-state index is 6.33. The molecule has 0 unspecified atom stereocenters. The van der Waals surface area contributed by atoms with E-state index in [2.05, 4.69) is 0 Å². The Morgan fingerprint density at radius 3 is 2.75 bits per heavy atom. The summed E-state index contributed by atoms with van der Waals surface area (Å²) < 4.78 is 16.1. The van der Waals surface area contributed by atoms with Crippen LogP contribution in [0.5, 0.6) is 17.2 Å². The Kier molecular flexibility index (Phi) is 2.01. The van der Waals surface area contributed by atoms with Crippen LogP contribution in [-0.4, -0.2) is 13.9 Å². The molecular formula is C12H15NO3. The van der Waals surface area contributed by atoms with Gasteiger partial charge in [0.05, 0.1) is 7.11 Å². The topological polar surface area (TPSA) is 53.7 Å². The second-order valence-corrected chi connectivity index (χ2v) is 4.42. The van der Waals surface area contributed by atoms with Crippen molar-refractivity contribution in [2.24, 2.45) is 5.73 Å². The molecule has 0 amide bonds. The van der Waals surface area contributed by atoms with Crippen LogP contribution in [0, 0.1) is 0 Å². The van der Waals surface area contributed by atoms with Gasteiger partial charge in [0.2, 0.25) is 6.79 Å². The molecule has 2 N–H and O–H groups in total. The summed E-state index contributed by atoms with van der Waals surface area (Å²) in [5, 5.41) is 0. The summed E-state index contributed by atoms with van der Waals surface area (Å²) >= 11 is 0. The number of ether oxygens (including phenoxy) is 3. The van der Waals surface area contributed by atoms with Gasteiger partial charge in [0.1, 0.15) is 5.75 Å². The second-order valence-electron chi connectivity index (χ2n) is 4.42. The van der Waals surface area contributed by atoms with Gasteiger partial charge in [0.25, 0.3) is 0 Å². The highest BCUT2D eigenvalue weighted by molar-refractivity contribution is 5.56. The standard InChI is InChI=1S/C12H15NO3/c1-14-8-5-9(12(13)3-2-4-12)11-10(6-8)15-7-16-11/h5-6H,2-4,7,13H2,1H3. The number of nitrogens with two attached hydrogens (primary N) is 1. The monoisotopic (exact) mass is 221 g/mol. The average Bonchev–Trinajstić information content (AvgIpc) is 2.72. The van der Waals surface area contributed by atoms with Gasteiger partial charge in [-0.2, -0.15) is 0 Å². The van der Waals surface area contributed by atoms with E-state index >= 15 is 0 Å². The van der Waals surface area contributed by atoms with E-state index in [4.69, 9.17) is 19.9 Å². The van der Waals surface area contributed by atoms with Crippen molar-refractivity contribution in [1.82, 2.24) is 0 Å². The summed E-state index contributed by atoms with van der Waals surface area (Å²) in [5.74, 6) is 2.31. The number of hydrogen-bond donors (Lipinski definition) is 1. The smallest absolute Gasteiger partial charge is 0.231 e. The molecule has 16 heavy (non-hydrogen) atoms. The third-order valence-corrected chi connectivity index (χ3v) is 3.46.